The number of esters is 1. The lowest BCUT2D eigenvalue weighted by Crippen LogP contribution is -2.47. The first-order valence-corrected chi connectivity index (χ1v) is 31.5. The van der Waals surface area contributed by atoms with E-state index in [9.17, 15) is 19.0 Å². The Kier molecular flexibility index (Phi) is 51.1. The first-order valence-electron chi connectivity index (χ1n) is 30.0. The number of quaternary nitrogens is 1. The summed E-state index contributed by atoms with van der Waals surface area (Å²) >= 11 is 0. The van der Waals surface area contributed by atoms with E-state index in [1.165, 1.54) is 83.5 Å². The molecule has 426 valence electrons. The molecule has 0 fully saturated rings. The average Bonchev–Trinajstić information content (AvgIpc) is 3.36. The summed E-state index contributed by atoms with van der Waals surface area (Å²) in [6.07, 6.45) is 70.8. The second-order valence-corrected chi connectivity index (χ2v) is 22.5. The van der Waals surface area contributed by atoms with E-state index in [1.54, 1.807) is 0 Å². The van der Waals surface area contributed by atoms with Gasteiger partial charge < -0.3 is 28.5 Å². The molecular formula is C64H113N2O7P. The number of nitrogens with zero attached hydrogens (tertiary/aromatic N) is 1. The normalized spacial score (nSPS) is 14.4. The lowest BCUT2D eigenvalue weighted by atomic mass is 10.0. The van der Waals surface area contributed by atoms with Crippen molar-refractivity contribution in [1.29, 1.82) is 0 Å². The Morgan fingerprint density at radius 3 is 1.34 bits per heavy atom. The molecule has 0 saturated carbocycles. The third-order valence-electron chi connectivity index (χ3n) is 12.7. The monoisotopic (exact) mass is 1050 g/mol. The van der Waals surface area contributed by atoms with Gasteiger partial charge in [0.05, 0.1) is 33.8 Å². The zero-order valence-corrected chi connectivity index (χ0v) is 49.4. The number of unbranched alkanes of at least 4 members (excludes halogenated alkanes) is 23. The van der Waals surface area contributed by atoms with Crippen LogP contribution in [0.1, 0.15) is 245 Å². The molecule has 0 spiro atoms. The number of amides is 1. The van der Waals surface area contributed by atoms with Crippen molar-refractivity contribution in [3.8, 4) is 0 Å². The van der Waals surface area contributed by atoms with Gasteiger partial charge in [0.2, 0.25) is 5.91 Å². The largest absolute Gasteiger partial charge is 0.756 e. The van der Waals surface area contributed by atoms with Gasteiger partial charge in [-0.15, -0.1) is 0 Å². The number of carbonyl (C=O) groups is 2. The standard InChI is InChI=1S/C64H113N2O7P/c1-7-10-13-16-19-22-25-28-30-32-33-34-36-39-42-45-48-51-54-57-64(68)73-62(55-52-49-46-43-40-37-27-24-21-18-15-12-9-3)61(60-72-74(69,70)71-59-58-66(4,5)6)65-63(67)56-53-50-47-44-41-38-35-31-29-26-23-20-17-14-11-8-2/h11,14,19-20,22-23,28-31,33-34,39,42,52,55,61-62H,7-10,12-13,15-18,21,24-27,32,35-38,40-41,43-51,53-54,56-60H2,1-6H3,(H-,65,67,69,70)/b14-11+,22-19-,23-20+,30-28-,31-29+,34-33-,42-39-,55-52+. The van der Waals surface area contributed by atoms with Gasteiger partial charge in [0.15, 0.2) is 0 Å². The molecule has 0 rings (SSSR count). The Balaban J connectivity index is 5.42. The SMILES string of the molecule is CC/C=C/C/C=C/C/C=C/CCCCCCCCC(=O)NC(COP(=O)([O-])OCC[N+](C)(C)C)C(/C=C/CCCCCCCCCCCCC)OC(=O)CCCCC/C=C\C/C=C\C/C=C\C/C=C\CCCCC. The second kappa shape index (κ2) is 53.3. The van der Waals surface area contributed by atoms with Gasteiger partial charge in [-0.2, -0.15) is 0 Å². The third kappa shape index (κ3) is 53.7. The average molecular weight is 1050 g/mol. The van der Waals surface area contributed by atoms with Crippen molar-refractivity contribution < 1.29 is 37.3 Å². The number of rotatable bonds is 53. The van der Waals surface area contributed by atoms with E-state index < -0.39 is 26.6 Å². The van der Waals surface area contributed by atoms with Crippen LogP contribution >= 0.6 is 7.82 Å². The van der Waals surface area contributed by atoms with Crippen molar-refractivity contribution >= 4 is 19.7 Å². The summed E-state index contributed by atoms with van der Waals surface area (Å²) in [7, 11) is 1.14. The summed E-state index contributed by atoms with van der Waals surface area (Å²) in [4.78, 5) is 39.9. The number of phosphoric ester groups is 1. The molecule has 0 heterocycles. The maximum Gasteiger partial charge on any atom is 0.306 e. The molecule has 0 aliphatic carbocycles. The Morgan fingerprint density at radius 2 is 0.865 bits per heavy atom. The Labute approximate surface area is 456 Å². The molecule has 0 aromatic heterocycles. The number of likely N-dealkylation sites (N-methyl/N-ethyl adjacent to an activating group) is 1. The van der Waals surface area contributed by atoms with Crippen LogP contribution in [-0.2, 0) is 27.9 Å². The summed E-state index contributed by atoms with van der Waals surface area (Å²) in [5.41, 5.74) is 0. The lowest BCUT2D eigenvalue weighted by molar-refractivity contribution is -0.870. The molecule has 10 heteroatoms. The molecule has 3 unspecified atom stereocenters. The summed E-state index contributed by atoms with van der Waals surface area (Å²) in [5, 5.41) is 3.01. The molecule has 0 aromatic carbocycles. The van der Waals surface area contributed by atoms with Crippen LogP contribution in [0, 0.1) is 0 Å². The van der Waals surface area contributed by atoms with Crippen LogP contribution in [0.15, 0.2) is 97.2 Å². The molecule has 0 radical (unpaired) electrons. The molecule has 0 aliphatic heterocycles. The van der Waals surface area contributed by atoms with Gasteiger partial charge >= 0.3 is 5.97 Å². The van der Waals surface area contributed by atoms with E-state index in [-0.39, 0.29) is 24.9 Å². The minimum Gasteiger partial charge on any atom is -0.756 e. The van der Waals surface area contributed by atoms with Crippen molar-refractivity contribution in [2.75, 3.05) is 40.9 Å². The molecule has 0 bridgehead atoms. The van der Waals surface area contributed by atoms with Gasteiger partial charge in [-0.3, -0.25) is 14.2 Å². The van der Waals surface area contributed by atoms with E-state index in [0.717, 1.165) is 116 Å². The van der Waals surface area contributed by atoms with Crippen molar-refractivity contribution in [3.63, 3.8) is 0 Å². The van der Waals surface area contributed by atoms with Gasteiger partial charge in [0, 0.05) is 12.8 Å². The first-order chi connectivity index (χ1) is 35.9. The molecule has 0 saturated heterocycles. The van der Waals surface area contributed by atoms with Crippen molar-refractivity contribution in [2.45, 2.75) is 258 Å². The van der Waals surface area contributed by atoms with Crippen molar-refractivity contribution in [1.82, 2.24) is 5.32 Å². The predicted molar refractivity (Wildman–Crippen MR) is 316 cm³/mol. The lowest BCUT2D eigenvalue weighted by Gasteiger charge is -2.30. The number of ether oxygens (including phenoxy) is 1. The smallest absolute Gasteiger partial charge is 0.306 e. The minimum atomic E-state index is -4.71. The molecule has 9 nitrogen and oxygen atoms in total. The highest BCUT2D eigenvalue weighted by atomic mass is 31.2. The molecule has 0 aliphatic rings. The zero-order chi connectivity index (χ0) is 54.3. The maximum absolute atomic E-state index is 13.5. The number of carbonyl (C=O) groups excluding carboxylic acids is 2. The fourth-order valence-corrected chi connectivity index (χ4v) is 8.83. The van der Waals surface area contributed by atoms with Gasteiger partial charge in [0.25, 0.3) is 7.82 Å². The van der Waals surface area contributed by atoms with Gasteiger partial charge in [-0.05, 0) is 109 Å². The second-order valence-electron chi connectivity index (χ2n) is 21.1. The topological polar surface area (TPSA) is 114 Å². The number of hydrogen-bond donors (Lipinski definition) is 1. The first kappa shape index (κ1) is 70.9. The summed E-state index contributed by atoms with van der Waals surface area (Å²) in [5.74, 6) is -0.596. The number of allylic oxidation sites excluding steroid dienone is 15. The third-order valence-corrected chi connectivity index (χ3v) is 13.7. The fraction of sp³-hybridized carbons (Fsp3) is 0.719. The molecule has 74 heavy (non-hydrogen) atoms. The van der Waals surface area contributed by atoms with Crippen molar-refractivity contribution in [3.05, 3.63) is 97.2 Å². The fourth-order valence-electron chi connectivity index (χ4n) is 8.11. The molecular weight excluding hydrogens is 940 g/mol. The maximum atomic E-state index is 13.5. The van der Waals surface area contributed by atoms with Crippen molar-refractivity contribution in [2.24, 2.45) is 0 Å². The summed E-state index contributed by atoms with van der Waals surface area (Å²) in [6, 6.07) is -0.914. The Bertz CT molecular complexity index is 1590. The van der Waals surface area contributed by atoms with Crippen LogP contribution in [-0.4, -0.2) is 69.4 Å². The Hall–Kier alpha value is -3.07. The highest BCUT2D eigenvalue weighted by molar-refractivity contribution is 7.45. The quantitative estimate of drug-likeness (QED) is 0.0212. The van der Waals surface area contributed by atoms with Crippen LogP contribution in [0.2, 0.25) is 0 Å². The van der Waals surface area contributed by atoms with Crippen LogP contribution < -0.4 is 10.2 Å². The van der Waals surface area contributed by atoms with Crippen LogP contribution in [0.3, 0.4) is 0 Å². The highest BCUT2D eigenvalue weighted by Gasteiger charge is 2.27. The predicted octanol–water partition coefficient (Wildman–Crippen LogP) is 17.8. The number of phosphoric acid groups is 1. The zero-order valence-electron chi connectivity index (χ0n) is 48.5. The number of nitrogens with one attached hydrogen (secondary N) is 1. The van der Waals surface area contributed by atoms with Crippen LogP contribution in [0.4, 0.5) is 0 Å². The molecule has 0 aromatic rings. The highest BCUT2D eigenvalue weighted by Crippen LogP contribution is 2.38. The van der Waals surface area contributed by atoms with E-state index in [0.29, 0.717) is 30.3 Å². The molecule has 3 atom stereocenters. The molecule has 1 N–H and O–H groups in total. The molecule has 1 amide bonds. The van der Waals surface area contributed by atoms with E-state index in [4.69, 9.17) is 13.8 Å². The van der Waals surface area contributed by atoms with E-state index in [2.05, 4.69) is 111 Å². The van der Waals surface area contributed by atoms with Gasteiger partial charge in [-0.1, -0.05) is 221 Å². The Morgan fingerprint density at radius 1 is 0.486 bits per heavy atom. The van der Waals surface area contributed by atoms with E-state index in [1.807, 2.05) is 33.3 Å². The van der Waals surface area contributed by atoms with Gasteiger partial charge in [0.1, 0.15) is 19.3 Å². The minimum absolute atomic E-state index is 0.0350. The summed E-state index contributed by atoms with van der Waals surface area (Å²) < 4.78 is 30.3. The van der Waals surface area contributed by atoms with Gasteiger partial charge in [-0.25, -0.2) is 0 Å². The van der Waals surface area contributed by atoms with Crippen LogP contribution in [0.25, 0.3) is 0 Å². The number of hydrogen-bond acceptors (Lipinski definition) is 7. The van der Waals surface area contributed by atoms with E-state index >= 15 is 0 Å². The van der Waals surface area contributed by atoms with Crippen LogP contribution in [0.5, 0.6) is 0 Å². The summed E-state index contributed by atoms with van der Waals surface area (Å²) in [6.45, 7) is 6.66.